The zero-order valence-corrected chi connectivity index (χ0v) is 16.1. The van der Waals surface area contributed by atoms with Gasteiger partial charge in [-0.2, -0.15) is 0 Å². The van der Waals surface area contributed by atoms with Crippen molar-refractivity contribution >= 4 is 10.5 Å². The smallest absolute Gasteiger partial charge is 0.267 e. The first-order chi connectivity index (χ1) is 11.7. The number of unbranched alkanes of at least 4 members (excludes halogenated alkanes) is 6. The van der Waals surface area contributed by atoms with E-state index in [9.17, 15) is 32.2 Å². The fourth-order valence-electron chi connectivity index (χ4n) is 2.51. The molecule has 0 aliphatic rings. The highest BCUT2D eigenvalue weighted by Crippen LogP contribution is 2.24. The van der Waals surface area contributed by atoms with E-state index in [1.54, 1.807) is 0 Å². The van der Waals surface area contributed by atoms with Crippen LogP contribution < -0.4 is 0 Å². The van der Waals surface area contributed by atoms with Crippen molar-refractivity contribution in [3.63, 3.8) is 0 Å². The summed E-state index contributed by atoms with van der Waals surface area (Å²) in [6, 6.07) is 0. The van der Waals surface area contributed by atoms with Crippen molar-refractivity contribution in [1.29, 1.82) is 0 Å². The van der Waals surface area contributed by atoms with Crippen molar-refractivity contribution in [2.45, 2.75) is 63.8 Å². The molecule has 1 aromatic rings. The summed E-state index contributed by atoms with van der Waals surface area (Å²) < 4.78 is 70.6. The van der Waals surface area contributed by atoms with E-state index in [0.717, 1.165) is 25.7 Å². The molecule has 0 unspecified atom stereocenters. The molecule has 0 aromatic heterocycles. The normalized spacial score (nSPS) is 12.1. The van der Waals surface area contributed by atoms with Gasteiger partial charge in [0.05, 0.1) is 0 Å². The Bertz CT molecular complexity index is 540. The van der Waals surface area contributed by atoms with Gasteiger partial charge in [-0.25, -0.2) is 22.0 Å². The molecule has 0 radical (unpaired) electrons. The van der Waals surface area contributed by atoms with Crippen LogP contribution in [-0.4, -0.2) is 26.7 Å². The summed E-state index contributed by atoms with van der Waals surface area (Å²) >= 11 is 0. The predicted molar refractivity (Wildman–Crippen MR) is 85.1 cm³/mol. The van der Waals surface area contributed by atoms with Crippen LogP contribution in [0.25, 0.3) is 0 Å². The third-order valence-electron chi connectivity index (χ3n) is 4.06. The Labute approximate surface area is 146 Å². The summed E-state index contributed by atoms with van der Waals surface area (Å²) in [6.07, 6.45) is 4.68. The molecular weight excluding hydrogens is 363 g/mol. The van der Waals surface area contributed by atoms with Gasteiger partial charge >= 0.3 is 0 Å². The molecule has 3 nitrogen and oxygen atoms in total. The highest BCUT2D eigenvalue weighted by molar-refractivity contribution is 5.98. The van der Waals surface area contributed by atoms with Gasteiger partial charge in [-0.05, 0) is 19.3 Å². The molecule has 1 aromatic carbocycles. The van der Waals surface area contributed by atoms with Crippen molar-refractivity contribution < 1.29 is 36.6 Å². The van der Waals surface area contributed by atoms with Gasteiger partial charge in [0.1, 0.15) is 0 Å². The van der Waals surface area contributed by atoms with Gasteiger partial charge in [0.15, 0.2) is 33.8 Å². The molecular formula is C16H23F5O3Si. The Morgan fingerprint density at radius 1 is 0.680 bits per heavy atom. The Morgan fingerprint density at radius 2 is 1.08 bits per heavy atom. The number of aliphatic hydroxyl groups is 2. The summed E-state index contributed by atoms with van der Waals surface area (Å²) in [6.45, 7) is 0. The van der Waals surface area contributed by atoms with E-state index in [1.807, 2.05) is 0 Å². The van der Waals surface area contributed by atoms with Gasteiger partial charge in [0.2, 0.25) is 5.82 Å². The second kappa shape index (κ2) is 10.2. The van der Waals surface area contributed by atoms with Gasteiger partial charge in [-0.3, -0.25) is 0 Å². The second-order valence-electron chi connectivity index (χ2n) is 5.97. The van der Waals surface area contributed by atoms with Crippen LogP contribution in [-0.2, 0) is 10.8 Å². The van der Waals surface area contributed by atoms with Crippen LogP contribution in [0.2, 0.25) is 0 Å². The summed E-state index contributed by atoms with van der Waals surface area (Å²) in [5.74, 6) is -11.5. The number of rotatable bonds is 11. The van der Waals surface area contributed by atoms with Crippen LogP contribution in [0.4, 0.5) is 22.0 Å². The molecule has 0 saturated heterocycles. The zero-order chi connectivity index (χ0) is 19.0. The molecule has 0 aliphatic carbocycles. The number of benzene rings is 1. The van der Waals surface area contributed by atoms with Gasteiger partial charge in [-0.1, -0.05) is 32.1 Å². The Morgan fingerprint density at radius 3 is 1.56 bits per heavy atom. The van der Waals surface area contributed by atoms with Crippen LogP contribution in [0.1, 0.15) is 56.9 Å². The van der Waals surface area contributed by atoms with Crippen LogP contribution >= 0.6 is 0 Å². The SMILES string of the molecule is OC(O)(CCCCCCCCCc1c(F)c(F)c(F)c(F)c1F)O[SiH3]. The van der Waals surface area contributed by atoms with Crippen LogP contribution in [0.5, 0.6) is 0 Å². The monoisotopic (exact) mass is 386 g/mol. The van der Waals surface area contributed by atoms with E-state index in [-0.39, 0.29) is 23.3 Å². The van der Waals surface area contributed by atoms with Gasteiger partial charge in [0, 0.05) is 12.0 Å². The van der Waals surface area contributed by atoms with Crippen LogP contribution in [0.15, 0.2) is 0 Å². The lowest BCUT2D eigenvalue weighted by atomic mass is 10.0. The first-order valence-electron chi connectivity index (χ1n) is 8.21. The highest BCUT2D eigenvalue weighted by atomic mass is 28.2. The molecule has 0 aliphatic heterocycles. The summed E-state index contributed by atoms with van der Waals surface area (Å²) in [5, 5.41) is 18.5. The molecule has 0 saturated carbocycles. The molecule has 9 heteroatoms. The first-order valence-corrected chi connectivity index (χ1v) is 9.03. The lowest BCUT2D eigenvalue weighted by Gasteiger charge is -2.19. The van der Waals surface area contributed by atoms with Gasteiger partial charge in [0.25, 0.3) is 5.97 Å². The molecule has 0 heterocycles. The maximum absolute atomic E-state index is 13.5. The molecule has 0 atom stereocenters. The highest BCUT2D eigenvalue weighted by Gasteiger charge is 2.25. The molecule has 2 N–H and O–H groups in total. The largest absolute Gasteiger partial charge is 0.381 e. The van der Waals surface area contributed by atoms with Crippen molar-refractivity contribution in [1.82, 2.24) is 0 Å². The Kier molecular flexibility index (Phi) is 8.98. The van der Waals surface area contributed by atoms with E-state index in [4.69, 9.17) is 0 Å². The third kappa shape index (κ3) is 6.65. The molecule has 0 bridgehead atoms. The first kappa shape index (κ1) is 22.0. The molecule has 25 heavy (non-hydrogen) atoms. The Hall–Kier alpha value is -1.03. The van der Waals surface area contributed by atoms with Crippen molar-refractivity contribution in [3.8, 4) is 0 Å². The minimum absolute atomic E-state index is 0.136. The van der Waals surface area contributed by atoms with E-state index < -0.39 is 40.6 Å². The molecule has 0 spiro atoms. The minimum atomic E-state index is -2.13. The zero-order valence-electron chi connectivity index (χ0n) is 14.1. The van der Waals surface area contributed by atoms with Crippen LogP contribution in [0.3, 0.4) is 0 Å². The number of halogens is 5. The maximum Gasteiger partial charge on any atom is 0.267 e. The minimum Gasteiger partial charge on any atom is -0.381 e. The van der Waals surface area contributed by atoms with Crippen molar-refractivity contribution in [2.24, 2.45) is 0 Å². The average molecular weight is 386 g/mol. The lowest BCUT2D eigenvalue weighted by Crippen LogP contribution is -2.30. The molecule has 144 valence electrons. The summed E-state index contributed by atoms with van der Waals surface area (Å²) in [7, 11) is 0.233. The lowest BCUT2D eigenvalue weighted by molar-refractivity contribution is -0.295. The fourth-order valence-corrected chi connectivity index (χ4v) is 2.72. The third-order valence-corrected chi connectivity index (χ3v) is 4.71. The molecule has 0 fully saturated rings. The maximum atomic E-state index is 13.5. The van der Waals surface area contributed by atoms with Crippen LogP contribution in [0, 0.1) is 29.1 Å². The van der Waals surface area contributed by atoms with E-state index >= 15 is 0 Å². The summed E-state index contributed by atoms with van der Waals surface area (Å²) in [5.41, 5.74) is -0.762. The van der Waals surface area contributed by atoms with E-state index in [1.165, 1.54) is 0 Å². The van der Waals surface area contributed by atoms with Gasteiger partial charge in [-0.15, -0.1) is 0 Å². The van der Waals surface area contributed by atoms with Crippen molar-refractivity contribution in [3.05, 3.63) is 34.6 Å². The van der Waals surface area contributed by atoms with Crippen molar-refractivity contribution in [2.75, 3.05) is 0 Å². The fraction of sp³-hybridized carbons (Fsp3) is 0.625. The molecule has 1 rings (SSSR count). The topological polar surface area (TPSA) is 49.7 Å². The second-order valence-corrected chi connectivity index (χ2v) is 6.38. The standard InChI is InChI=1S/C16H23F5O3Si/c17-11-10(12(18)14(20)15(21)13(11)19)8-6-4-2-1-3-5-7-9-16(22,23)24-25/h22-23H,1-9H2,25H3. The summed E-state index contributed by atoms with van der Waals surface area (Å²) in [4.78, 5) is 0. The molecule has 0 amide bonds. The predicted octanol–water partition coefficient (Wildman–Crippen LogP) is 2.98. The number of hydrogen-bond donors (Lipinski definition) is 2. The van der Waals surface area contributed by atoms with E-state index in [0.29, 0.717) is 19.3 Å². The number of hydrogen-bond acceptors (Lipinski definition) is 3. The quantitative estimate of drug-likeness (QED) is 0.154. The van der Waals surface area contributed by atoms with Gasteiger partial charge < -0.3 is 14.6 Å². The Balaban J connectivity index is 2.25. The average Bonchev–Trinajstić information content (AvgIpc) is 2.59. The van der Waals surface area contributed by atoms with E-state index in [2.05, 4.69) is 4.43 Å².